The molecule has 1 N–H and O–H groups in total. The monoisotopic (exact) mass is 283 g/mol. The molecule has 0 amide bonds. The molecule has 1 saturated heterocycles. The van der Waals surface area contributed by atoms with E-state index in [1.54, 1.807) is 11.3 Å². The van der Waals surface area contributed by atoms with Crippen molar-refractivity contribution in [3.63, 3.8) is 0 Å². The number of carbonyl (C=O) groups is 1. The van der Waals surface area contributed by atoms with Crippen LogP contribution in [-0.2, 0) is 4.74 Å². The van der Waals surface area contributed by atoms with Crippen molar-refractivity contribution in [3.8, 4) is 0 Å². The smallest absolute Gasteiger partial charge is 0.186 e. The van der Waals surface area contributed by atoms with Crippen LogP contribution in [0.1, 0.15) is 27.4 Å². The molecule has 1 aliphatic rings. The number of hydrogen-bond donors (Lipinski definition) is 1. The zero-order valence-electron chi connectivity index (χ0n) is 11.3. The fourth-order valence-electron chi connectivity index (χ4n) is 2.32. The van der Waals surface area contributed by atoms with Crippen LogP contribution in [0.5, 0.6) is 0 Å². The normalized spacial score (nSPS) is 17.8. The van der Waals surface area contributed by atoms with Crippen LogP contribution in [0.15, 0.2) is 12.1 Å². The molecule has 0 spiro atoms. The van der Waals surface area contributed by atoms with E-state index < -0.39 is 0 Å². The van der Waals surface area contributed by atoms with Gasteiger partial charge in [0, 0.05) is 18.0 Å². The lowest BCUT2D eigenvalue weighted by Gasteiger charge is -2.31. The van der Waals surface area contributed by atoms with Crippen LogP contribution in [-0.4, -0.2) is 54.7 Å². The van der Waals surface area contributed by atoms with Crippen molar-refractivity contribution < 1.29 is 14.6 Å². The van der Waals surface area contributed by atoms with Crippen LogP contribution in [0.3, 0.4) is 0 Å². The number of carbonyl (C=O) groups excluding carboxylic acids is 1. The molecule has 0 aliphatic carbocycles. The molecule has 2 rings (SSSR count). The Hall–Kier alpha value is -0.750. The Morgan fingerprint density at radius 1 is 1.47 bits per heavy atom. The zero-order valence-corrected chi connectivity index (χ0v) is 12.1. The summed E-state index contributed by atoms with van der Waals surface area (Å²) in [5.74, 6) is 0.216. The quantitative estimate of drug-likeness (QED) is 0.808. The molecule has 5 heteroatoms. The van der Waals surface area contributed by atoms with E-state index in [2.05, 4.69) is 4.90 Å². The van der Waals surface area contributed by atoms with Crippen molar-refractivity contribution in [2.24, 2.45) is 0 Å². The highest BCUT2D eigenvalue weighted by molar-refractivity contribution is 7.14. The average molecular weight is 283 g/mol. The lowest BCUT2D eigenvalue weighted by atomic mass is 10.1. The minimum Gasteiger partial charge on any atom is -0.394 e. The van der Waals surface area contributed by atoms with Crippen molar-refractivity contribution >= 4 is 17.1 Å². The number of likely N-dealkylation sites (tertiary alicyclic amines) is 1. The number of hydrogen-bond acceptors (Lipinski definition) is 5. The van der Waals surface area contributed by atoms with Gasteiger partial charge in [0.1, 0.15) is 0 Å². The molecule has 1 aliphatic heterocycles. The maximum Gasteiger partial charge on any atom is 0.186 e. The molecular formula is C14H21NO3S. The number of thiophene rings is 1. The summed E-state index contributed by atoms with van der Waals surface area (Å²) >= 11 is 1.57. The number of aliphatic hydroxyl groups is 1. The van der Waals surface area contributed by atoms with Gasteiger partial charge in [-0.1, -0.05) is 0 Å². The summed E-state index contributed by atoms with van der Waals surface area (Å²) in [7, 11) is 0. The minimum atomic E-state index is 0.0798. The first-order valence-corrected chi connectivity index (χ1v) is 7.55. The van der Waals surface area contributed by atoms with E-state index in [0.717, 1.165) is 30.8 Å². The molecule has 1 aromatic rings. The first-order chi connectivity index (χ1) is 9.19. The highest BCUT2D eigenvalue weighted by atomic mass is 32.1. The van der Waals surface area contributed by atoms with E-state index in [1.165, 1.54) is 4.88 Å². The van der Waals surface area contributed by atoms with Crippen molar-refractivity contribution in [3.05, 3.63) is 21.9 Å². The SMILES string of the molecule is Cc1ccc(C(=O)CN2CCC(OCCO)CC2)s1. The number of Topliss-reactive ketones (excluding diaryl/α,β-unsaturated/α-hetero) is 1. The summed E-state index contributed by atoms with van der Waals surface area (Å²) in [4.78, 5) is 16.3. The van der Waals surface area contributed by atoms with Gasteiger partial charge in [0.15, 0.2) is 5.78 Å². The maximum atomic E-state index is 12.1. The Bertz CT molecular complexity index is 411. The predicted molar refractivity (Wildman–Crippen MR) is 75.9 cm³/mol. The van der Waals surface area contributed by atoms with Gasteiger partial charge in [-0.05, 0) is 31.9 Å². The van der Waals surface area contributed by atoms with Crippen LogP contribution in [0, 0.1) is 6.92 Å². The first-order valence-electron chi connectivity index (χ1n) is 6.73. The third kappa shape index (κ3) is 4.38. The second-order valence-electron chi connectivity index (χ2n) is 4.90. The molecule has 0 radical (unpaired) electrons. The average Bonchev–Trinajstić information content (AvgIpc) is 2.85. The number of aliphatic hydroxyl groups excluding tert-OH is 1. The molecule has 0 atom stereocenters. The largest absolute Gasteiger partial charge is 0.394 e. The van der Waals surface area contributed by atoms with Crippen molar-refractivity contribution in [1.82, 2.24) is 4.90 Å². The Morgan fingerprint density at radius 3 is 2.79 bits per heavy atom. The molecule has 0 saturated carbocycles. The van der Waals surface area contributed by atoms with Gasteiger partial charge in [0.2, 0.25) is 0 Å². The van der Waals surface area contributed by atoms with Gasteiger partial charge in [0.25, 0.3) is 0 Å². The van der Waals surface area contributed by atoms with E-state index in [-0.39, 0.29) is 18.5 Å². The number of aryl methyl sites for hydroxylation is 1. The molecule has 19 heavy (non-hydrogen) atoms. The highest BCUT2D eigenvalue weighted by Crippen LogP contribution is 2.18. The number of piperidine rings is 1. The number of ether oxygens (including phenoxy) is 1. The number of rotatable bonds is 6. The van der Waals surface area contributed by atoms with E-state index >= 15 is 0 Å². The first kappa shape index (κ1) is 14.7. The third-order valence-electron chi connectivity index (χ3n) is 3.36. The third-order valence-corrected chi connectivity index (χ3v) is 4.40. The lowest BCUT2D eigenvalue weighted by molar-refractivity contribution is -0.00687. The summed E-state index contributed by atoms with van der Waals surface area (Å²) in [6, 6.07) is 3.91. The van der Waals surface area contributed by atoms with Gasteiger partial charge < -0.3 is 9.84 Å². The number of ketones is 1. The second-order valence-corrected chi connectivity index (χ2v) is 6.19. The molecule has 106 valence electrons. The second kappa shape index (κ2) is 7.14. The van der Waals surface area contributed by atoms with Gasteiger partial charge in [-0.2, -0.15) is 0 Å². The van der Waals surface area contributed by atoms with E-state index in [0.29, 0.717) is 13.2 Å². The van der Waals surface area contributed by atoms with Crippen LogP contribution in [0.2, 0.25) is 0 Å². The van der Waals surface area contributed by atoms with Crippen LogP contribution in [0.25, 0.3) is 0 Å². The number of nitrogens with zero attached hydrogens (tertiary/aromatic N) is 1. The summed E-state index contributed by atoms with van der Waals surface area (Å²) in [6.07, 6.45) is 2.12. The van der Waals surface area contributed by atoms with Crippen molar-refractivity contribution in [2.45, 2.75) is 25.9 Å². The van der Waals surface area contributed by atoms with Crippen LogP contribution < -0.4 is 0 Å². The fraction of sp³-hybridized carbons (Fsp3) is 0.643. The van der Waals surface area contributed by atoms with Gasteiger partial charge in [0.05, 0.1) is 30.7 Å². The molecule has 0 aromatic carbocycles. The summed E-state index contributed by atoms with van der Waals surface area (Å²) in [5.41, 5.74) is 0. The maximum absolute atomic E-state index is 12.1. The molecule has 0 bridgehead atoms. The minimum absolute atomic E-state index is 0.0798. The molecular weight excluding hydrogens is 262 g/mol. The Labute approximate surface area is 118 Å². The van der Waals surface area contributed by atoms with Gasteiger partial charge in [-0.3, -0.25) is 9.69 Å². The molecule has 1 aromatic heterocycles. The zero-order chi connectivity index (χ0) is 13.7. The lowest BCUT2D eigenvalue weighted by Crippen LogP contribution is -2.40. The molecule has 4 nitrogen and oxygen atoms in total. The molecule has 1 fully saturated rings. The van der Waals surface area contributed by atoms with Crippen LogP contribution in [0.4, 0.5) is 0 Å². The Kier molecular flexibility index (Phi) is 5.51. The summed E-state index contributed by atoms with van der Waals surface area (Å²) in [5, 5.41) is 8.72. The van der Waals surface area contributed by atoms with Gasteiger partial charge in [-0.15, -0.1) is 11.3 Å². The molecule has 0 unspecified atom stereocenters. The Balaban J connectivity index is 1.75. The van der Waals surface area contributed by atoms with Gasteiger partial charge in [-0.25, -0.2) is 0 Å². The summed E-state index contributed by atoms with van der Waals surface area (Å²) in [6.45, 7) is 4.81. The molecule has 2 heterocycles. The van der Waals surface area contributed by atoms with E-state index in [9.17, 15) is 4.79 Å². The fourth-order valence-corrected chi connectivity index (χ4v) is 3.12. The topological polar surface area (TPSA) is 49.8 Å². The van der Waals surface area contributed by atoms with Crippen molar-refractivity contribution in [1.29, 1.82) is 0 Å². The van der Waals surface area contributed by atoms with Gasteiger partial charge >= 0.3 is 0 Å². The standard InChI is InChI=1S/C14H21NO3S/c1-11-2-3-14(19-11)13(17)10-15-6-4-12(5-7-15)18-9-8-16/h2-3,12,16H,4-10H2,1H3. The van der Waals surface area contributed by atoms with Crippen LogP contribution >= 0.6 is 11.3 Å². The predicted octanol–water partition coefficient (Wildman–Crippen LogP) is 1.71. The summed E-state index contributed by atoms with van der Waals surface area (Å²) < 4.78 is 5.51. The van der Waals surface area contributed by atoms with E-state index in [1.807, 2.05) is 19.1 Å². The highest BCUT2D eigenvalue weighted by Gasteiger charge is 2.21. The Morgan fingerprint density at radius 2 is 2.21 bits per heavy atom. The van der Waals surface area contributed by atoms with E-state index in [4.69, 9.17) is 9.84 Å². The van der Waals surface area contributed by atoms with Crippen molar-refractivity contribution in [2.75, 3.05) is 32.8 Å².